The van der Waals surface area contributed by atoms with Crippen LogP contribution >= 0.6 is 0 Å². The molecule has 3 aromatic heterocycles. The molecule has 0 saturated carbocycles. The van der Waals surface area contributed by atoms with Crippen LogP contribution in [0, 0.1) is 12.8 Å². The van der Waals surface area contributed by atoms with Gasteiger partial charge >= 0.3 is 6.18 Å². The topological polar surface area (TPSA) is 81.1 Å². The first kappa shape index (κ1) is 23.6. The maximum Gasteiger partial charge on any atom is 0.416 e. The van der Waals surface area contributed by atoms with Crippen molar-refractivity contribution in [2.75, 3.05) is 13.2 Å². The molecule has 1 fully saturated rings. The van der Waals surface area contributed by atoms with Gasteiger partial charge < -0.3 is 9.64 Å². The van der Waals surface area contributed by atoms with Crippen molar-refractivity contribution >= 4 is 5.91 Å². The van der Waals surface area contributed by atoms with E-state index in [0.717, 1.165) is 24.8 Å². The predicted octanol–water partition coefficient (Wildman–Crippen LogP) is 4.58. The minimum absolute atomic E-state index is 0.0212. The molecule has 0 radical (unpaired) electrons. The van der Waals surface area contributed by atoms with Gasteiger partial charge in [-0.2, -0.15) is 13.2 Å². The van der Waals surface area contributed by atoms with E-state index in [1.165, 1.54) is 0 Å². The van der Waals surface area contributed by atoms with Crippen LogP contribution in [0.4, 0.5) is 13.2 Å². The Kier molecular flexibility index (Phi) is 6.76. The number of amides is 1. The van der Waals surface area contributed by atoms with Gasteiger partial charge in [0.2, 0.25) is 5.88 Å². The number of pyridine rings is 2. The lowest BCUT2D eigenvalue weighted by atomic mass is 9.92. The summed E-state index contributed by atoms with van der Waals surface area (Å²) in [6.45, 7) is 4.37. The highest BCUT2D eigenvalue weighted by atomic mass is 19.4. The summed E-state index contributed by atoms with van der Waals surface area (Å²) in [6, 6.07) is 6.66. The van der Waals surface area contributed by atoms with Crippen molar-refractivity contribution in [1.29, 1.82) is 0 Å². The van der Waals surface area contributed by atoms with Crippen LogP contribution in [0.25, 0.3) is 11.4 Å². The number of carbonyl (C=O) groups is 1. The zero-order valence-electron chi connectivity index (χ0n) is 18.8. The summed E-state index contributed by atoms with van der Waals surface area (Å²) in [5.74, 6) is 0.301. The van der Waals surface area contributed by atoms with Crippen molar-refractivity contribution in [3.8, 4) is 17.3 Å². The van der Waals surface area contributed by atoms with Gasteiger partial charge in [-0.05, 0) is 49.9 Å². The molecule has 1 aliphatic heterocycles. The number of likely N-dealkylation sites (tertiary alicyclic amines) is 1. The van der Waals surface area contributed by atoms with Gasteiger partial charge in [0.05, 0.1) is 17.2 Å². The Morgan fingerprint density at radius 2 is 1.91 bits per heavy atom. The molecule has 0 aliphatic carbocycles. The van der Waals surface area contributed by atoms with E-state index in [-0.39, 0.29) is 30.1 Å². The highest BCUT2D eigenvalue weighted by molar-refractivity contribution is 5.98. The number of ether oxygens (including phenoxy) is 1. The minimum Gasteiger partial charge on any atom is -0.475 e. The summed E-state index contributed by atoms with van der Waals surface area (Å²) in [5.41, 5.74) is 0.602. The van der Waals surface area contributed by atoms with E-state index < -0.39 is 11.7 Å². The lowest BCUT2D eigenvalue weighted by Gasteiger charge is -2.38. The van der Waals surface area contributed by atoms with Gasteiger partial charge in [-0.15, -0.1) is 0 Å². The molecule has 1 saturated heterocycles. The SMILES string of the molecule is Cc1ccc(-c2ncccn2)c(C(=O)N2CC[C@@H](C)C[C@H]2COc2cc(C(F)(F)F)ccn2)n1. The van der Waals surface area contributed by atoms with E-state index in [9.17, 15) is 18.0 Å². The van der Waals surface area contributed by atoms with Crippen LogP contribution in [-0.4, -0.2) is 49.9 Å². The van der Waals surface area contributed by atoms with Crippen LogP contribution in [0.1, 0.15) is 41.5 Å². The number of alkyl halides is 3. The predicted molar refractivity (Wildman–Crippen MR) is 118 cm³/mol. The normalized spacial score (nSPS) is 18.6. The third-order valence-electron chi connectivity index (χ3n) is 5.77. The lowest BCUT2D eigenvalue weighted by Crippen LogP contribution is -2.49. The van der Waals surface area contributed by atoms with E-state index in [1.807, 2.05) is 0 Å². The second kappa shape index (κ2) is 9.74. The molecule has 0 aromatic carbocycles. The van der Waals surface area contributed by atoms with Crippen LogP contribution in [0.5, 0.6) is 5.88 Å². The quantitative estimate of drug-likeness (QED) is 0.542. The summed E-state index contributed by atoms with van der Waals surface area (Å²) in [5, 5.41) is 0. The standard InChI is InChI=1S/C24H24F3N5O2/c1-15-7-11-32(18(12-15)14-34-20-13-17(6-10-28-20)24(25,26)27)23(33)21-19(5-4-16(2)31-21)22-29-8-3-9-30-22/h3-6,8-10,13,15,18H,7,11-12,14H2,1-2H3/t15-,18+/m1/s1. The Morgan fingerprint density at radius 1 is 1.15 bits per heavy atom. The Labute approximate surface area is 195 Å². The Bertz CT molecular complexity index is 1160. The molecule has 178 valence electrons. The zero-order chi connectivity index (χ0) is 24.3. The zero-order valence-corrected chi connectivity index (χ0v) is 18.8. The second-order valence-corrected chi connectivity index (χ2v) is 8.39. The number of rotatable bonds is 5. The van der Waals surface area contributed by atoms with E-state index >= 15 is 0 Å². The number of aromatic nitrogens is 4. The molecule has 0 bridgehead atoms. The smallest absolute Gasteiger partial charge is 0.416 e. The summed E-state index contributed by atoms with van der Waals surface area (Å²) in [4.78, 5) is 32.2. The van der Waals surface area contributed by atoms with Crippen molar-refractivity contribution in [3.63, 3.8) is 0 Å². The molecule has 0 N–H and O–H groups in total. The molecule has 4 rings (SSSR count). The molecule has 3 aromatic rings. The van der Waals surface area contributed by atoms with Gasteiger partial charge in [0.15, 0.2) is 5.82 Å². The van der Waals surface area contributed by atoms with Crippen LogP contribution in [0.15, 0.2) is 48.9 Å². The third-order valence-corrected chi connectivity index (χ3v) is 5.77. The molecular formula is C24H24F3N5O2. The van der Waals surface area contributed by atoms with E-state index in [2.05, 4.69) is 26.9 Å². The molecule has 4 heterocycles. The molecule has 1 amide bonds. The molecule has 0 unspecified atom stereocenters. The van der Waals surface area contributed by atoms with Crippen LogP contribution in [0.2, 0.25) is 0 Å². The Balaban J connectivity index is 1.58. The second-order valence-electron chi connectivity index (χ2n) is 8.39. The summed E-state index contributed by atoms with van der Waals surface area (Å²) in [6.07, 6.45) is 1.21. The maximum atomic E-state index is 13.6. The summed E-state index contributed by atoms with van der Waals surface area (Å²) < 4.78 is 44.7. The Morgan fingerprint density at radius 3 is 2.65 bits per heavy atom. The highest BCUT2D eigenvalue weighted by Crippen LogP contribution is 2.31. The number of hydrogen-bond donors (Lipinski definition) is 0. The maximum absolute atomic E-state index is 13.6. The summed E-state index contributed by atoms with van der Waals surface area (Å²) >= 11 is 0. The molecule has 7 nitrogen and oxygen atoms in total. The van der Waals surface area contributed by atoms with Gasteiger partial charge in [0, 0.05) is 36.9 Å². The van der Waals surface area contributed by atoms with Gasteiger partial charge in [-0.25, -0.2) is 19.9 Å². The first-order valence-electron chi connectivity index (χ1n) is 10.9. The van der Waals surface area contributed by atoms with E-state index in [4.69, 9.17) is 4.74 Å². The van der Waals surface area contributed by atoms with Crippen molar-refractivity contribution in [3.05, 3.63) is 65.9 Å². The number of halogens is 3. The average molecular weight is 471 g/mol. The van der Waals surface area contributed by atoms with Crippen molar-refractivity contribution in [2.45, 2.75) is 38.9 Å². The molecule has 2 atom stereocenters. The van der Waals surface area contributed by atoms with E-state index in [1.54, 1.807) is 42.4 Å². The number of piperidine rings is 1. The van der Waals surface area contributed by atoms with Crippen LogP contribution in [0.3, 0.4) is 0 Å². The van der Waals surface area contributed by atoms with Crippen LogP contribution in [-0.2, 0) is 6.18 Å². The third kappa shape index (κ3) is 5.32. The summed E-state index contributed by atoms with van der Waals surface area (Å²) in [7, 11) is 0. The van der Waals surface area contributed by atoms with Gasteiger partial charge in [-0.1, -0.05) is 6.92 Å². The molecular weight excluding hydrogens is 447 g/mol. The van der Waals surface area contributed by atoms with Crippen molar-refractivity contribution in [1.82, 2.24) is 24.8 Å². The average Bonchev–Trinajstić information content (AvgIpc) is 2.82. The fourth-order valence-corrected chi connectivity index (χ4v) is 4.00. The number of aryl methyl sites for hydroxylation is 1. The van der Waals surface area contributed by atoms with Crippen LogP contribution < -0.4 is 4.74 Å². The Hall–Kier alpha value is -3.56. The van der Waals surface area contributed by atoms with Crippen molar-refractivity contribution < 1.29 is 22.7 Å². The van der Waals surface area contributed by atoms with Crippen molar-refractivity contribution in [2.24, 2.45) is 5.92 Å². The number of carbonyl (C=O) groups excluding carboxylic acids is 1. The number of nitrogens with zero attached hydrogens (tertiary/aromatic N) is 5. The first-order chi connectivity index (χ1) is 16.2. The van der Waals surface area contributed by atoms with E-state index in [0.29, 0.717) is 36.0 Å². The fraction of sp³-hybridized carbons (Fsp3) is 0.375. The molecule has 10 heteroatoms. The monoisotopic (exact) mass is 471 g/mol. The van der Waals surface area contributed by atoms with Gasteiger partial charge in [0.25, 0.3) is 5.91 Å². The fourth-order valence-electron chi connectivity index (χ4n) is 4.00. The largest absolute Gasteiger partial charge is 0.475 e. The molecule has 34 heavy (non-hydrogen) atoms. The molecule has 1 aliphatic rings. The minimum atomic E-state index is -4.49. The first-order valence-corrected chi connectivity index (χ1v) is 10.9. The van der Waals surface area contributed by atoms with Gasteiger partial charge in [0.1, 0.15) is 12.3 Å². The number of hydrogen-bond acceptors (Lipinski definition) is 6. The highest BCUT2D eigenvalue weighted by Gasteiger charge is 2.34. The lowest BCUT2D eigenvalue weighted by molar-refractivity contribution is -0.137. The molecule has 0 spiro atoms. The van der Waals surface area contributed by atoms with Gasteiger partial charge in [-0.3, -0.25) is 4.79 Å².